The average Bonchev–Trinajstić information content (AvgIpc) is 3.67. The van der Waals surface area contributed by atoms with Gasteiger partial charge in [0.1, 0.15) is 5.76 Å². The van der Waals surface area contributed by atoms with E-state index in [-0.39, 0.29) is 38.3 Å². The molecule has 0 aromatic carbocycles. The summed E-state index contributed by atoms with van der Waals surface area (Å²) >= 11 is 14.2. The van der Waals surface area contributed by atoms with Crippen LogP contribution in [0, 0.1) is 0 Å². The molecule has 0 spiro atoms. The van der Waals surface area contributed by atoms with E-state index in [0.29, 0.717) is 51.6 Å². The molecule has 0 saturated carbocycles. The van der Waals surface area contributed by atoms with Crippen molar-refractivity contribution in [3.05, 3.63) is 35.8 Å². The van der Waals surface area contributed by atoms with Crippen LogP contribution in [-0.4, -0.2) is 118 Å². The molecule has 0 bridgehead atoms. The van der Waals surface area contributed by atoms with Crippen molar-refractivity contribution in [3.63, 3.8) is 0 Å². The molecule has 2 heterocycles. The summed E-state index contributed by atoms with van der Waals surface area (Å²) in [7, 11) is 2.82. The summed E-state index contributed by atoms with van der Waals surface area (Å²) in [6.07, 6.45) is 0.719. The van der Waals surface area contributed by atoms with Crippen LogP contribution in [0.3, 0.4) is 0 Å². The second-order valence-electron chi connectivity index (χ2n) is 7.74. The lowest BCUT2D eigenvalue weighted by Crippen LogP contribution is -2.24. The van der Waals surface area contributed by atoms with Gasteiger partial charge in [-0.15, -0.1) is 0 Å². The average molecular weight is 725 g/mol. The highest BCUT2D eigenvalue weighted by atomic mass is 35.6. The molecule has 266 valence electrons. The number of esters is 2. The van der Waals surface area contributed by atoms with Crippen molar-refractivity contribution in [2.24, 2.45) is 10.7 Å². The Bertz CT molecular complexity index is 1090. The van der Waals surface area contributed by atoms with Crippen LogP contribution >= 0.6 is 34.8 Å². The quantitative estimate of drug-likeness (QED) is 0.0703. The van der Waals surface area contributed by atoms with E-state index in [2.05, 4.69) is 4.99 Å². The molecule has 15 nitrogen and oxygen atoms in total. The molecule has 0 amide bonds. The molecule has 0 aliphatic heterocycles. The van der Waals surface area contributed by atoms with Crippen molar-refractivity contribution >= 4 is 59.2 Å². The number of ether oxygens (including phenoxy) is 6. The minimum atomic E-state index is -1.83. The zero-order valence-corrected chi connectivity index (χ0v) is 27.6. The number of furan rings is 2. The number of alkyl halides is 3. The number of aliphatic imine (C=N–C) groups is 1. The lowest BCUT2D eigenvalue weighted by atomic mass is 10.4. The number of hydrogen-bond donors (Lipinski definition) is 3. The van der Waals surface area contributed by atoms with Crippen LogP contribution in [0.15, 0.2) is 38.1 Å². The van der Waals surface area contributed by atoms with E-state index in [4.69, 9.17) is 89.4 Å². The first-order chi connectivity index (χ1) is 21.8. The van der Waals surface area contributed by atoms with Crippen molar-refractivity contribution in [2.75, 3.05) is 67.0 Å². The fourth-order valence-electron chi connectivity index (χ4n) is 2.16. The molecule has 0 saturated heterocycles. The van der Waals surface area contributed by atoms with Gasteiger partial charge in [-0.2, -0.15) is 0 Å². The largest absolute Gasteiger partial charge is 0.424 e. The second-order valence-corrected chi connectivity index (χ2v) is 9.45. The number of methoxy groups -OCH3 is 2. The lowest BCUT2D eigenvalue weighted by Gasteiger charge is -2.06. The summed E-state index contributed by atoms with van der Waals surface area (Å²) in [6, 6.07) is 5.97. The Morgan fingerprint density at radius 3 is 1.72 bits per heavy atom. The number of hydrogen-bond acceptors (Lipinski definition) is 15. The first-order valence-corrected chi connectivity index (χ1v) is 14.2. The Morgan fingerprint density at radius 2 is 1.33 bits per heavy atom. The van der Waals surface area contributed by atoms with Gasteiger partial charge >= 0.3 is 11.9 Å². The highest BCUT2D eigenvalue weighted by Crippen LogP contribution is 2.16. The maximum atomic E-state index is 11.4. The van der Waals surface area contributed by atoms with Crippen LogP contribution in [0.1, 0.15) is 39.0 Å². The highest BCUT2D eigenvalue weighted by molar-refractivity contribution is 6.63. The van der Waals surface area contributed by atoms with Gasteiger partial charge < -0.3 is 53.2 Å². The van der Waals surface area contributed by atoms with Gasteiger partial charge in [0.15, 0.2) is 28.5 Å². The Balaban J connectivity index is -0.000000620. The van der Waals surface area contributed by atoms with Gasteiger partial charge in [0.05, 0.1) is 53.8 Å². The number of aliphatic hydroxyl groups excluding tert-OH is 2. The molecule has 18 heteroatoms. The van der Waals surface area contributed by atoms with E-state index >= 15 is 0 Å². The van der Waals surface area contributed by atoms with Crippen LogP contribution < -0.4 is 15.2 Å². The number of halogens is 3. The molecule has 46 heavy (non-hydrogen) atoms. The smallest absolute Gasteiger partial charge is 0.342 e. The van der Waals surface area contributed by atoms with Gasteiger partial charge in [0, 0.05) is 32.9 Å². The predicted molar refractivity (Wildman–Crippen MR) is 172 cm³/mol. The third-order valence-electron chi connectivity index (χ3n) is 4.41. The molecular formula is C28H45Cl3N2O13. The highest BCUT2D eigenvalue weighted by Gasteiger charge is 2.17. The Labute approximate surface area is 285 Å². The Morgan fingerprint density at radius 1 is 0.891 bits per heavy atom. The van der Waals surface area contributed by atoms with Gasteiger partial charge in [-0.25, -0.2) is 9.59 Å². The minimum absolute atomic E-state index is 0. The predicted octanol–water partition coefficient (Wildman–Crippen LogP) is 3.26. The summed E-state index contributed by atoms with van der Waals surface area (Å²) in [5.74, 6) is -0.433. The normalized spacial score (nSPS) is 12.0. The first-order valence-electron chi connectivity index (χ1n) is 13.5. The molecule has 0 radical (unpaired) electrons. The minimum Gasteiger partial charge on any atom is -0.424 e. The fourth-order valence-corrected chi connectivity index (χ4v) is 2.16. The number of carbonyl (C=O) groups is 3. The third-order valence-corrected chi connectivity index (χ3v) is 4.41. The number of aliphatic hydroxyl groups is 2. The Hall–Kier alpha value is -2.57. The van der Waals surface area contributed by atoms with Crippen LogP contribution in [0.25, 0.3) is 0 Å². The zero-order valence-electron chi connectivity index (χ0n) is 26.3. The van der Waals surface area contributed by atoms with Gasteiger partial charge in [0.25, 0.3) is 11.9 Å². The summed E-state index contributed by atoms with van der Waals surface area (Å²) in [4.78, 5) is 36.9. The van der Waals surface area contributed by atoms with Crippen molar-refractivity contribution in [3.8, 4) is 11.9 Å². The van der Waals surface area contributed by atoms with Crippen molar-refractivity contribution in [1.82, 2.24) is 0 Å². The van der Waals surface area contributed by atoms with Crippen LogP contribution in [0.2, 0.25) is 0 Å². The number of aldehydes is 1. The van der Waals surface area contributed by atoms with E-state index in [9.17, 15) is 14.4 Å². The lowest BCUT2D eigenvalue weighted by molar-refractivity contribution is -0.146. The number of nitrogens with zero attached hydrogens (tertiary/aromatic N) is 1. The molecule has 2 rings (SSSR count). The first kappa shape index (κ1) is 45.6. The van der Waals surface area contributed by atoms with Crippen LogP contribution in [0.5, 0.6) is 11.9 Å². The summed E-state index contributed by atoms with van der Waals surface area (Å²) < 4.78 is 43.6. The summed E-state index contributed by atoms with van der Waals surface area (Å²) in [5.41, 5.74) is 5.06. The molecule has 4 N–H and O–H groups in total. The SMILES string of the molecule is C.CO[C@@H](C)C(=O)Oc1ccc(C=NCCOCCO)o1.CO[C@@H](C)C(=O)Oc1ccc(C=O)o1.NCCOCCO.[2H]C(Cl)(Cl)Cl. The second kappa shape index (κ2) is 32.4. The molecule has 0 aliphatic carbocycles. The number of rotatable bonds is 17. The van der Waals surface area contributed by atoms with E-state index < -0.39 is 28.4 Å². The zero-order chi connectivity index (χ0) is 35.4. The van der Waals surface area contributed by atoms with E-state index in [1.54, 1.807) is 19.9 Å². The molecule has 0 fully saturated rings. The van der Waals surface area contributed by atoms with Gasteiger partial charge in [-0.1, -0.05) is 42.2 Å². The van der Waals surface area contributed by atoms with Crippen molar-refractivity contribution in [1.29, 1.82) is 0 Å². The van der Waals surface area contributed by atoms with Crippen LogP contribution in [-0.2, 0) is 28.5 Å². The Kier molecular flexibility index (Phi) is 32.1. The van der Waals surface area contributed by atoms with Gasteiger partial charge in [-0.3, -0.25) is 9.79 Å². The molecule has 0 unspecified atom stereocenters. The van der Waals surface area contributed by atoms with Crippen LogP contribution in [0.4, 0.5) is 0 Å². The molecule has 2 atom stereocenters. The fraction of sp³-hybridized carbons (Fsp3) is 0.571. The molecule has 0 aliphatic rings. The van der Waals surface area contributed by atoms with Gasteiger partial charge in [0.2, 0.25) is 0 Å². The topological polar surface area (TPSA) is 212 Å². The monoisotopic (exact) mass is 723 g/mol. The van der Waals surface area contributed by atoms with Crippen molar-refractivity contribution < 1.29 is 63.2 Å². The summed E-state index contributed by atoms with van der Waals surface area (Å²) in [6.45, 7) is 5.86. The number of carbonyl (C=O) groups excluding carboxylic acids is 3. The molecular weight excluding hydrogens is 679 g/mol. The number of nitrogens with two attached hydrogens (primary N) is 1. The van der Waals surface area contributed by atoms with E-state index in [1.807, 2.05) is 0 Å². The third kappa shape index (κ3) is 27.7. The molecule has 2 aromatic rings. The maximum Gasteiger partial charge on any atom is 0.342 e. The molecule has 2 aromatic heterocycles. The van der Waals surface area contributed by atoms with E-state index in [0.717, 1.165) is 0 Å². The summed E-state index contributed by atoms with van der Waals surface area (Å²) in [5, 5.41) is 16.6. The van der Waals surface area contributed by atoms with Gasteiger partial charge in [-0.05, 0) is 26.0 Å². The van der Waals surface area contributed by atoms with Crippen molar-refractivity contribution in [2.45, 2.75) is 37.8 Å². The standard InChI is InChI=1S/C13H19NO6.C9H10O5.C4H11NO2.CHCl3.CH4/c1-10(17-2)13(16)20-12-4-3-11(19-12)9-14-5-7-18-8-6-15;1-6(12-2)9(11)14-8-4-3-7(5-10)13-8;5-1-3-7-4-2-6;2-1(3)4;/h3-4,9-10,15H,5-8H2,1-2H3;3-6H,1-2H3;6H,1-5H2;1H;1H4/t10-;6-;;;/m00.../s1/i;;;1D;. The van der Waals surface area contributed by atoms with E-state index in [1.165, 1.54) is 38.6 Å². The maximum absolute atomic E-state index is 11.4.